The summed E-state index contributed by atoms with van der Waals surface area (Å²) in [5, 5.41) is 0. The van der Waals surface area contributed by atoms with E-state index in [9.17, 15) is 0 Å². The van der Waals surface area contributed by atoms with Crippen molar-refractivity contribution in [2.45, 2.75) is 0 Å². The number of rotatable bonds is 0. The van der Waals surface area contributed by atoms with Crippen LogP contribution in [0.15, 0.2) is 0 Å². The monoisotopic (exact) mass is 243 g/mol. The first kappa shape index (κ1) is 22.6. The zero-order valence-electron chi connectivity index (χ0n) is 4.77. The predicted octanol–water partition coefficient (Wildman–Crippen LogP) is -4.24. The van der Waals surface area contributed by atoms with E-state index in [2.05, 4.69) is 0 Å². The van der Waals surface area contributed by atoms with Crippen LogP contribution < -0.4 is 18.9 Å². The molecule has 8 heavy (non-hydrogen) atoms. The Morgan fingerprint density at radius 1 is 1.25 bits per heavy atom. The van der Waals surface area contributed by atoms with Gasteiger partial charge < -0.3 is 1.43 Å². The van der Waals surface area contributed by atoms with Crippen LogP contribution in [0, 0.1) is 0 Å². The van der Waals surface area contributed by atoms with Gasteiger partial charge in [-0.2, -0.15) is 0 Å². The summed E-state index contributed by atoms with van der Waals surface area (Å²) in [7, 11) is 0. The van der Waals surface area contributed by atoms with Gasteiger partial charge in [0.15, 0.2) is 0 Å². The molecule has 0 fully saturated rings. The second-order valence-corrected chi connectivity index (χ2v) is 1.85. The van der Waals surface area contributed by atoms with Gasteiger partial charge in [-0.15, -0.1) is 0 Å². The third-order valence-electron chi connectivity index (χ3n) is 0. The summed E-state index contributed by atoms with van der Waals surface area (Å²) in [5.41, 5.74) is 0. The molecule has 0 spiro atoms. The van der Waals surface area contributed by atoms with Crippen LogP contribution in [0.25, 0.3) is 0 Å². The fourth-order valence-corrected chi connectivity index (χ4v) is 0. The third-order valence-corrected chi connectivity index (χ3v) is 0. The van der Waals surface area contributed by atoms with E-state index in [0.29, 0.717) is 0 Å². The van der Waals surface area contributed by atoms with Crippen LogP contribution in [0.2, 0.25) is 0 Å². The van der Waals surface area contributed by atoms with Crippen LogP contribution in [0.4, 0.5) is 0 Å². The zero-order chi connectivity index (χ0) is 4.50. The molecule has 1 radical (unpaired) electrons. The van der Waals surface area contributed by atoms with Crippen molar-refractivity contribution in [1.29, 1.82) is 0 Å². The first-order valence-electron chi connectivity index (χ1n) is 0.698. The summed E-state index contributed by atoms with van der Waals surface area (Å²) < 4.78 is 31.9. The van der Waals surface area contributed by atoms with Crippen molar-refractivity contribution in [2.75, 3.05) is 0 Å². The second-order valence-electron chi connectivity index (χ2n) is 0.448. The van der Waals surface area contributed by atoms with Gasteiger partial charge in [0.1, 0.15) is 0 Å². The molecule has 0 aromatic rings. The standard InChI is InChI=1S/Co.Cr.Li.Ni.2H2O.2O.H/h;;;;2*1H2;;;/q;+2;+1;;;;;;-1/p-2. The van der Waals surface area contributed by atoms with Crippen LogP contribution in [-0.2, 0) is 54.5 Å². The Labute approximate surface area is 82.6 Å². The first-order valence-corrected chi connectivity index (χ1v) is 2.88. The van der Waals surface area contributed by atoms with Gasteiger partial charge in [0, 0.05) is 33.3 Å². The van der Waals surface area contributed by atoms with Crippen molar-refractivity contribution < 1.29 is 83.1 Å². The van der Waals surface area contributed by atoms with Gasteiger partial charge in [-0.25, -0.2) is 0 Å². The Kier molecular flexibility index (Phi) is 24.5. The molecule has 0 atom stereocenters. The van der Waals surface area contributed by atoms with E-state index in [1.54, 1.807) is 0 Å². The molecule has 0 heterocycles. The van der Waals surface area contributed by atoms with E-state index in [-0.39, 0.29) is 53.6 Å². The van der Waals surface area contributed by atoms with E-state index >= 15 is 0 Å². The quantitative estimate of drug-likeness (QED) is 0.423. The van der Waals surface area contributed by atoms with Crippen molar-refractivity contribution in [3.05, 3.63) is 0 Å². The molecule has 0 bridgehead atoms. The van der Waals surface area contributed by atoms with Crippen molar-refractivity contribution in [3.8, 4) is 0 Å². The summed E-state index contributed by atoms with van der Waals surface area (Å²) >= 11 is -5.25. The van der Waals surface area contributed by atoms with E-state index in [1.807, 2.05) is 0 Å². The molecule has 0 saturated carbocycles. The molecular formula is H3CoCrLiNiO4. The van der Waals surface area contributed by atoms with E-state index in [4.69, 9.17) is 15.9 Å². The third kappa shape index (κ3) is 124. The van der Waals surface area contributed by atoms with Crippen LogP contribution in [0.5, 0.6) is 0 Å². The molecule has 4 nitrogen and oxygen atoms in total. The summed E-state index contributed by atoms with van der Waals surface area (Å²) in [6, 6.07) is 0. The van der Waals surface area contributed by atoms with E-state index in [1.165, 1.54) is 0 Å². The molecular weight excluding hydrogens is 241 g/mol. The van der Waals surface area contributed by atoms with Crippen molar-refractivity contribution in [3.63, 3.8) is 0 Å². The predicted molar refractivity (Wildman–Crippen MR) is 6.92 cm³/mol. The summed E-state index contributed by atoms with van der Waals surface area (Å²) in [4.78, 5) is 0. The van der Waals surface area contributed by atoms with Gasteiger partial charge in [0.2, 0.25) is 0 Å². The Morgan fingerprint density at radius 2 is 1.25 bits per heavy atom. The van der Waals surface area contributed by atoms with Gasteiger partial charge in [0.05, 0.1) is 0 Å². The Hall–Kier alpha value is 1.65. The fraction of sp³-hybridized carbons (Fsp3) is 0. The number of hydrogen-bond acceptors (Lipinski definition) is 2. The van der Waals surface area contributed by atoms with Crippen molar-refractivity contribution in [1.82, 2.24) is 0 Å². The normalized spacial score (nSPS) is 7.25. The molecule has 0 aliphatic heterocycles. The molecule has 0 saturated heterocycles. The maximum atomic E-state index is 8.82. The first-order chi connectivity index (χ1) is 2.00. The van der Waals surface area contributed by atoms with E-state index in [0.717, 1.165) is 0 Å². The average molecular weight is 244 g/mol. The van der Waals surface area contributed by atoms with Gasteiger partial charge in [0.25, 0.3) is 0 Å². The molecule has 0 aliphatic rings. The molecule has 0 rings (SSSR count). The SMILES string of the molecule is [Co].[H-].[Li+].[Ni].[O]=[Cr](=[O])([OH])[OH]. The van der Waals surface area contributed by atoms with Gasteiger partial charge in [-0.1, -0.05) is 0 Å². The number of hydrogen-bond donors (Lipinski definition) is 2. The molecule has 0 amide bonds. The molecule has 53 valence electrons. The fourth-order valence-electron chi connectivity index (χ4n) is 0. The van der Waals surface area contributed by atoms with E-state index < -0.39 is 13.6 Å². The molecule has 2 N–H and O–H groups in total. The molecule has 8 heteroatoms. The van der Waals surface area contributed by atoms with Gasteiger partial charge in [-0.05, 0) is 0 Å². The minimum absolute atomic E-state index is 0. The van der Waals surface area contributed by atoms with Crippen molar-refractivity contribution >= 4 is 0 Å². The Balaban J connectivity index is -0.0000000133. The van der Waals surface area contributed by atoms with Crippen LogP contribution in [-0.4, -0.2) is 8.32 Å². The molecule has 0 unspecified atom stereocenters. The van der Waals surface area contributed by atoms with Gasteiger partial charge in [-0.3, -0.25) is 0 Å². The van der Waals surface area contributed by atoms with Gasteiger partial charge >= 0.3 is 48.4 Å². The van der Waals surface area contributed by atoms with Crippen LogP contribution in [0.1, 0.15) is 1.43 Å². The van der Waals surface area contributed by atoms with Crippen LogP contribution >= 0.6 is 0 Å². The molecule has 0 aromatic carbocycles. The summed E-state index contributed by atoms with van der Waals surface area (Å²) in [5.74, 6) is 0. The zero-order valence-corrected chi connectivity index (χ0v) is 7.07. The van der Waals surface area contributed by atoms with Crippen LogP contribution in [0.3, 0.4) is 0 Å². The summed E-state index contributed by atoms with van der Waals surface area (Å²) in [6.07, 6.45) is 0. The maximum absolute atomic E-state index is 8.82. The average Bonchev–Trinajstić information content (AvgIpc) is 0.722. The minimum atomic E-state index is -5.25. The molecule has 0 aliphatic carbocycles. The summed E-state index contributed by atoms with van der Waals surface area (Å²) in [6.45, 7) is 0. The second kappa shape index (κ2) is 8.65. The Bertz CT molecular complexity index is 104. The molecule has 0 aromatic heterocycles. The van der Waals surface area contributed by atoms with Crippen molar-refractivity contribution in [2.24, 2.45) is 0 Å². The topological polar surface area (TPSA) is 74.6 Å². The Morgan fingerprint density at radius 3 is 1.25 bits per heavy atom.